The van der Waals surface area contributed by atoms with Crippen LogP contribution in [-0.4, -0.2) is 45.5 Å². The number of carbonyl (C=O) groups is 2. The van der Waals surface area contributed by atoms with Crippen LogP contribution in [0.3, 0.4) is 0 Å². The summed E-state index contributed by atoms with van der Waals surface area (Å²) in [7, 11) is 0. The lowest BCUT2D eigenvalue weighted by molar-refractivity contribution is -0.0949. The first-order valence-electron chi connectivity index (χ1n) is 12.3. The number of rotatable bonds is 10. The van der Waals surface area contributed by atoms with Gasteiger partial charge in [-0.05, 0) is 56.7 Å². The summed E-state index contributed by atoms with van der Waals surface area (Å²) < 4.78 is 0. The fourth-order valence-electron chi connectivity index (χ4n) is 4.53. The number of benzene rings is 2. The van der Waals surface area contributed by atoms with Gasteiger partial charge in [-0.25, -0.2) is 9.59 Å². The van der Waals surface area contributed by atoms with Gasteiger partial charge in [0.25, 0.3) is 0 Å². The fraction of sp³-hybridized carbons (Fsp3) is 0.462. The number of unbranched alkanes of at least 4 members (excludes halogenated alkanes) is 5. The zero-order valence-corrected chi connectivity index (χ0v) is 24.1. The quantitative estimate of drug-likeness (QED) is 0.165. The number of hydrogen-bond acceptors (Lipinski definition) is 3. The van der Waals surface area contributed by atoms with Gasteiger partial charge in [-0.15, -0.1) is 0 Å². The van der Waals surface area contributed by atoms with Crippen molar-refractivity contribution in [2.24, 2.45) is 0 Å². The van der Waals surface area contributed by atoms with Gasteiger partial charge in [-0.2, -0.15) is 5.06 Å². The summed E-state index contributed by atoms with van der Waals surface area (Å²) in [6, 6.07) is 8.14. The molecule has 1 saturated heterocycles. The lowest BCUT2D eigenvalue weighted by Gasteiger charge is -2.38. The van der Waals surface area contributed by atoms with Gasteiger partial charge in [0.1, 0.15) is 0 Å². The Bertz CT molecular complexity index is 1130. The van der Waals surface area contributed by atoms with Gasteiger partial charge < -0.3 is 10.2 Å². The second-order valence-electron chi connectivity index (χ2n) is 9.60. The van der Waals surface area contributed by atoms with E-state index in [-0.39, 0.29) is 16.1 Å². The Balaban J connectivity index is 1.89. The van der Waals surface area contributed by atoms with E-state index < -0.39 is 17.7 Å². The summed E-state index contributed by atoms with van der Waals surface area (Å²) in [5.74, 6) is 0. The van der Waals surface area contributed by atoms with Gasteiger partial charge >= 0.3 is 12.1 Å². The Hall–Kier alpha value is -1.90. The fourth-order valence-corrected chi connectivity index (χ4v) is 5.12. The number of hydrogen-bond donors (Lipinski definition) is 2. The Morgan fingerprint density at radius 1 is 0.946 bits per heavy atom. The molecule has 0 radical (unpaired) electrons. The van der Waals surface area contributed by atoms with Gasteiger partial charge in [0.15, 0.2) is 6.17 Å². The average molecular weight is 590 g/mol. The van der Waals surface area contributed by atoms with Crippen LogP contribution in [0, 0.1) is 0 Å². The normalized spacial score (nSPS) is 16.9. The average Bonchev–Trinajstić information content (AvgIpc) is 3.04. The predicted molar refractivity (Wildman–Crippen MR) is 151 cm³/mol. The summed E-state index contributed by atoms with van der Waals surface area (Å²) >= 11 is 24.4. The van der Waals surface area contributed by atoms with Crippen LogP contribution in [0.15, 0.2) is 36.4 Å². The molecule has 2 aromatic carbocycles. The first-order valence-corrected chi connectivity index (χ1v) is 13.8. The largest absolute Gasteiger partial charge is 0.347 e. The van der Waals surface area contributed by atoms with Crippen LogP contribution in [-0.2, 0) is 0 Å². The molecule has 0 saturated carbocycles. The summed E-state index contributed by atoms with van der Waals surface area (Å²) in [5.41, 5.74) is -0.203. The van der Waals surface area contributed by atoms with Gasteiger partial charge in [0.05, 0.1) is 25.6 Å². The molecule has 2 N–H and O–H groups in total. The summed E-state index contributed by atoms with van der Waals surface area (Å²) in [6.07, 6.45) is 5.32. The zero-order valence-electron chi connectivity index (χ0n) is 21.1. The lowest BCUT2D eigenvalue weighted by atomic mass is 9.99. The maximum atomic E-state index is 13.7. The van der Waals surface area contributed by atoms with Crippen LogP contribution in [0.2, 0.25) is 20.1 Å². The lowest BCUT2D eigenvalue weighted by Crippen LogP contribution is -2.58. The molecule has 1 aliphatic rings. The third-order valence-electron chi connectivity index (χ3n) is 6.54. The monoisotopic (exact) mass is 588 g/mol. The molecule has 1 unspecified atom stereocenters. The Morgan fingerprint density at radius 2 is 1.54 bits per heavy atom. The molecule has 202 valence electrons. The van der Waals surface area contributed by atoms with Crippen molar-refractivity contribution in [2.45, 2.75) is 71.0 Å². The Kier molecular flexibility index (Phi) is 10.2. The van der Waals surface area contributed by atoms with Crippen molar-refractivity contribution in [2.75, 3.05) is 16.8 Å². The third-order valence-corrected chi connectivity index (χ3v) is 8.01. The van der Waals surface area contributed by atoms with Crippen LogP contribution in [0.4, 0.5) is 21.0 Å². The molecule has 1 atom stereocenters. The Morgan fingerprint density at radius 3 is 2.16 bits per heavy atom. The summed E-state index contributed by atoms with van der Waals surface area (Å²) in [4.78, 5) is 29.9. The van der Waals surface area contributed by atoms with E-state index in [0.29, 0.717) is 33.0 Å². The minimum absolute atomic E-state index is 0.252. The molecule has 1 fully saturated rings. The molecule has 7 nitrogen and oxygen atoms in total. The summed E-state index contributed by atoms with van der Waals surface area (Å²) in [5, 5.41) is 15.5. The first-order chi connectivity index (χ1) is 17.5. The first kappa shape index (κ1) is 29.7. The third kappa shape index (κ3) is 6.76. The molecule has 2 aromatic rings. The molecule has 1 heterocycles. The van der Waals surface area contributed by atoms with E-state index in [2.05, 4.69) is 12.2 Å². The van der Waals surface area contributed by atoms with Crippen molar-refractivity contribution >= 4 is 69.8 Å². The molecular formula is C26H32Cl4N4O3. The number of amides is 4. The Labute approximate surface area is 238 Å². The molecule has 3 rings (SSSR count). The maximum absolute atomic E-state index is 13.7. The molecule has 0 aromatic heterocycles. The van der Waals surface area contributed by atoms with Crippen molar-refractivity contribution in [1.29, 1.82) is 0 Å². The number of nitrogens with zero attached hydrogens (tertiary/aromatic N) is 3. The van der Waals surface area contributed by atoms with Crippen LogP contribution < -0.4 is 10.2 Å². The van der Waals surface area contributed by atoms with E-state index in [1.807, 2.05) is 13.8 Å². The van der Waals surface area contributed by atoms with Crippen LogP contribution >= 0.6 is 46.4 Å². The minimum atomic E-state index is -1.07. The van der Waals surface area contributed by atoms with E-state index in [9.17, 15) is 14.8 Å². The number of hydroxylamine groups is 2. The standard InChI is InChI=1S/C26H32Cl4N4O3/c1-4-5-6-7-8-9-14-32-25(36)33(18-11-13-20(28)22(30)16-18)23(26(32,2)3)34(37)24(35)31-17-10-12-19(27)21(29)15-17/h10-13,15-16,23,37H,4-9,14H2,1-3H3,(H,31,35). The SMILES string of the molecule is CCCCCCCCN1C(=O)N(c2ccc(Cl)c(Cl)c2)C(N(O)C(=O)Nc2ccc(Cl)c(Cl)c2)C1(C)C. The topological polar surface area (TPSA) is 76.1 Å². The molecule has 0 bridgehead atoms. The number of carbonyl (C=O) groups excluding carboxylic acids is 2. The molecule has 4 amide bonds. The van der Waals surface area contributed by atoms with Gasteiger partial charge in [0.2, 0.25) is 0 Å². The van der Waals surface area contributed by atoms with Crippen LogP contribution in [0.25, 0.3) is 0 Å². The maximum Gasteiger partial charge on any atom is 0.347 e. The van der Waals surface area contributed by atoms with E-state index in [0.717, 1.165) is 32.1 Å². The van der Waals surface area contributed by atoms with E-state index in [4.69, 9.17) is 46.4 Å². The van der Waals surface area contributed by atoms with Crippen molar-refractivity contribution < 1.29 is 14.8 Å². The smallest absolute Gasteiger partial charge is 0.315 e. The van der Waals surface area contributed by atoms with Crippen LogP contribution in [0.1, 0.15) is 59.3 Å². The van der Waals surface area contributed by atoms with E-state index >= 15 is 0 Å². The van der Waals surface area contributed by atoms with Gasteiger partial charge in [-0.3, -0.25) is 10.1 Å². The van der Waals surface area contributed by atoms with Gasteiger partial charge in [-0.1, -0.05) is 85.4 Å². The van der Waals surface area contributed by atoms with Crippen LogP contribution in [0.5, 0.6) is 0 Å². The molecule has 1 aliphatic heterocycles. The molecule has 0 spiro atoms. The molecule has 37 heavy (non-hydrogen) atoms. The number of halogens is 4. The van der Waals surface area contributed by atoms with E-state index in [1.165, 1.54) is 23.5 Å². The summed E-state index contributed by atoms with van der Waals surface area (Å²) in [6.45, 7) is 6.29. The molecular weight excluding hydrogens is 558 g/mol. The minimum Gasteiger partial charge on any atom is -0.315 e. The highest BCUT2D eigenvalue weighted by molar-refractivity contribution is 6.42. The van der Waals surface area contributed by atoms with Crippen molar-refractivity contribution in [3.63, 3.8) is 0 Å². The zero-order chi connectivity index (χ0) is 27.3. The second kappa shape index (κ2) is 12.8. The highest BCUT2D eigenvalue weighted by Gasteiger charge is 2.55. The number of nitrogens with one attached hydrogen (secondary N) is 1. The second-order valence-corrected chi connectivity index (χ2v) is 11.2. The van der Waals surface area contributed by atoms with Crippen molar-refractivity contribution in [1.82, 2.24) is 9.96 Å². The van der Waals surface area contributed by atoms with Gasteiger partial charge in [0, 0.05) is 17.9 Å². The van der Waals surface area contributed by atoms with E-state index in [1.54, 1.807) is 29.2 Å². The highest BCUT2D eigenvalue weighted by atomic mass is 35.5. The highest BCUT2D eigenvalue weighted by Crippen LogP contribution is 2.40. The predicted octanol–water partition coefficient (Wildman–Crippen LogP) is 8.93. The number of anilines is 2. The molecule has 0 aliphatic carbocycles. The molecule has 11 heteroatoms. The number of urea groups is 2. The van der Waals surface area contributed by atoms with Crippen molar-refractivity contribution in [3.8, 4) is 0 Å². The van der Waals surface area contributed by atoms with Crippen molar-refractivity contribution in [3.05, 3.63) is 56.5 Å².